The summed E-state index contributed by atoms with van der Waals surface area (Å²) in [6.07, 6.45) is 1.66. The summed E-state index contributed by atoms with van der Waals surface area (Å²) >= 11 is 0. The number of anilines is 4. The number of hydrogen-bond donors (Lipinski definition) is 3. The molecule has 0 spiro atoms. The molecule has 1 aliphatic heterocycles. The number of nitrogens with one attached hydrogen (secondary N) is 3. The molecule has 3 aromatic carbocycles. The number of halogens is 1. The van der Waals surface area contributed by atoms with Crippen molar-refractivity contribution in [2.75, 3.05) is 22.6 Å². The molecule has 0 aliphatic carbocycles. The minimum Gasteiger partial charge on any atom is -0.419 e. The summed E-state index contributed by atoms with van der Waals surface area (Å²) in [4.78, 5) is 42.5. The van der Waals surface area contributed by atoms with Crippen LogP contribution in [0.25, 0.3) is 11.3 Å². The average Bonchev–Trinajstić information content (AvgIpc) is 3.49. The van der Waals surface area contributed by atoms with E-state index in [1.807, 2.05) is 12.1 Å². The van der Waals surface area contributed by atoms with Gasteiger partial charge in [0.2, 0.25) is 6.29 Å². The van der Waals surface area contributed by atoms with Crippen molar-refractivity contribution in [3.8, 4) is 11.3 Å². The summed E-state index contributed by atoms with van der Waals surface area (Å²) in [7, 11) is 1.53. The van der Waals surface area contributed by atoms with Crippen molar-refractivity contribution < 1.29 is 23.5 Å². The summed E-state index contributed by atoms with van der Waals surface area (Å²) in [5.41, 5.74) is 2.08. The first kappa shape index (κ1) is 30.4. The van der Waals surface area contributed by atoms with Crippen LogP contribution in [0.5, 0.6) is 0 Å². The van der Waals surface area contributed by atoms with E-state index in [0.29, 0.717) is 30.0 Å². The van der Waals surface area contributed by atoms with Crippen LogP contribution in [0.3, 0.4) is 0 Å². The highest BCUT2D eigenvalue weighted by Crippen LogP contribution is 2.28. The van der Waals surface area contributed by atoms with Crippen LogP contribution in [-0.2, 0) is 21.9 Å². The molecule has 4 aromatic rings. The van der Waals surface area contributed by atoms with Gasteiger partial charge in [0, 0.05) is 42.2 Å². The topological polar surface area (TPSA) is 124 Å². The zero-order valence-corrected chi connectivity index (χ0v) is 24.9. The fraction of sp³-hybridized carbons (Fsp3) is 0.273. The second-order valence-corrected chi connectivity index (χ2v) is 11.5. The van der Waals surface area contributed by atoms with Crippen molar-refractivity contribution in [3.63, 3.8) is 0 Å². The molecule has 0 radical (unpaired) electrons. The molecule has 1 saturated heterocycles. The van der Waals surface area contributed by atoms with E-state index in [1.165, 1.54) is 29.9 Å². The third-order valence-electron chi connectivity index (χ3n) is 7.11. The number of carbonyl (C=O) groups is 2. The van der Waals surface area contributed by atoms with Crippen LogP contribution in [0.4, 0.5) is 32.1 Å². The first-order chi connectivity index (χ1) is 21.0. The number of benzene rings is 3. The Bertz CT molecular complexity index is 1740. The largest absolute Gasteiger partial charge is 0.419 e. The van der Waals surface area contributed by atoms with Crippen LogP contribution in [0, 0.1) is 5.82 Å². The molecule has 44 heavy (non-hydrogen) atoms. The highest BCUT2D eigenvalue weighted by Gasteiger charge is 2.21. The Morgan fingerprint density at radius 1 is 1.02 bits per heavy atom. The molecule has 1 aromatic heterocycles. The van der Waals surface area contributed by atoms with Gasteiger partial charge >= 0.3 is 6.09 Å². The molecule has 3 N–H and O–H groups in total. The number of amides is 2. The van der Waals surface area contributed by atoms with E-state index in [0.717, 1.165) is 12.0 Å². The van der Waals surface area contributed by atoms with E-state index in [2.05, 4.69) is 41.7 Å². The predicted octanol–water partition coefficient (Wildman–Crippen LogP) is 6.56. The quantitative estimate of drug-likeness (QED) is 0.220. The molecule has 0 bridgehead atoms. The molecule has 1 unspecified atom stereocenters. The molecule has 1 fully saturated rings. The zero-order valence-electron chi connectivity index (χ0n) is 24.9. The third-order valence-corrected chi connectivity index (χ3v) is 7.11. The van der Waals surface area contributed by atoms with E-state index in [-0.39, 0.29) is 28.2 Å². The fourth-order valence-electron chi connectivity index (χ4n) is 4.68. The molecule has 10 nitrogen and oxygen atoms in total. The Balaban J connectivity index is 1.34. The first-order valence-corrected chi connectivity index (χ1v) is 14.2. The van der Waals surface area contributed by atoms with Crippen LogP contribution in [0.1, 0.15) is 49.5 Å². The van der Waals surface area contributed by atoms with Crippen molar-refractivity contribution in [3.05, 3.63) is 100 Å². The molecule has 1 aliphatic rings. The minimum absolute atomic E-state index is 0.0220. The van der Waals surface area contributed by atoms with Crippen LogP contribution >= 0.6 is 0 Å². The summed E-state index contributed by atoms with van der Waals surface area (Å²) in [6, 6.07) is 18.4. The lowest BCUT2D eigenvalue weighted by molar-refractivity contribution is -0.0633. The van der Waals surface area contributed by atoms with Gasteiger partial charge in [-0.25, -0.2) is 14.2 Å². The lowest BCUT2D eigenvalue weighted by Crippen LogP contribution is -2.22. The number of aromatic nitrogens is 2. The van der Waals surface area contributed by atoms with Crippen molar-refractivity contribution >= 4 is 34.9 Å². The van der Waals surface area contributed by atoms with Crippen molar-refractivity contribution in [2.45, 2.75) is 45.3 Å². The molecule has 2 heterocycles. The second-order valence-electron chi connectivity index (χ2n) is 11.5. The van der Waals surface area contributed by atoms with Gasteiger partial charge in [0.15, 0.2) is 11.6 Å². The Morgan fingerprint density at radius 2 is 1.75 bits per heavy atom. The number of hydrogen-bond acceptors (Lipinski definition) is 7. The summed E-state index contributed by atoms with van der Waals surface area (Å²) < 4.78 is 27.6. The second kappa shape index (κ2) is 12.7. The van der Waals surface area contributed by atoms with Gasteiger partial charge in [-0.1, -0.05) is 45.0 Å². The van der Waals surface area contributed by atoms with Gasteiger partial charge in [-0.05, 0) is 59.9 Å². The number of nitrogens with zero attached hydrogens (tertiary/aromatic N) is 2. The van der Waals surface area contributed by atoms with Gasteiger partial charge in [-0.2, -0.15) is 0 Å². The van der Waals surface area contributed by atoms with E-state index < -0.39 is 29.7 Å². The van der Waals surface area contributed by atoms with Crippen molar-refractivity contribution in [1.82, 2.24) is 9.55 Å². The molecule has 1 atom stereocenters. The summed E-state index contributed by atoms with van der Waals surface area (Å²) in [5.74, 6) is -1.21. The summed E-state index contributed by atoms with van der Waals surface area (Å²) in [6.45, 7) is 6.79. The van der Waals surface area contributed by atoms with Gasteiger partial charge in [-0.3, -0.25) is 14.9 Å². The smallest absolute Gasteiger partial charge is 0.413 e. The van der Waals surface area contributed by atoms with E-state index >= 15 is 4.39 Å². The molecular formula is C33H34FN5O5. The van der Waals surface area contributed by atoms with Gasteiger partial charge < -0.3 is 24.7 Å². The van der Waals surface area contributed by atoms with E-state index in [4.69, 9.17) is 9.47 Å². The Labute approximate surface area is 254 Å². The molecule has 228 valence electrons. The standard InChI is InChI=1S/C33H34FN5O5/c1-33(2,3)21-15-13-20(14-16-21)30(40)38-25-11-6-10-24(28(25)34)26-19-39(4)31(41)29(37-26)35-22-8-5-9-23(18-22)36-32(42)44-27-12-7-17-43-27/h5-6,8-11,13-16,18-19,27H,7,12,17H2,1-4H3,(H,35,37)(H,36,42)(H,38,40). The molecule has 2 amide bonds. The number of aryl methyl sites for hydroxylation is 1. The van der Waals surface area contributed by atoms with Gasteiger partial charge in [0.05, 0.1) is 18.0 Å². The van der Waals surface area contributed by atoms with E-state index in [1.54, 1.807) is 42.5 Å². The fourth-order valence-corrected chi connectivity index (χ4v) is 4.68. The third kappa shape index (κ3) is 7.12. The maximum Gasteiger partial charge on any atom is 0.413 e. The Hall–Kier alpha value is -5.03. The monoisotopic (exact) mass is 599 g/mol. The number of rotatable bonds is 7. The van der Waals surface area contributed by atoms with Crippen LogP contribution in [0.15, 0.2) is 77.7 Å². The highest BCUT2D eigenvalue weighted by molar-refractivity contribution is 6.04. The van der Waals surface area contributed by atoms with Gasteiger partial charge in [0.1, 0.15) is 0 Å². The van der Waals surface area contributed by atoms with Crippen molar-refractivity contribution in [2.24, 2.45) is 7.05 Å². The van der Waals surface area contributed by atoms with Gasteiger partial charge in [-0.15, -0.1) is 0 Å². The van der Waals surface area contributed by atoms with Crippen LogP contribution < -0.4 is 21.5 Å². The van der Waals surface area contributed by atoms with E-state index in [9.17, 15) is 14.4 Å². The zero-order chi connectivity index (χ0) is 31.4. The molecule has 5 rings (SSSR count). The minimum atomic E-state index is -0.694. The number of carbonyl (C=O) groups excluding carboxylic acids is 2. The number of ether oxygens (including phenoxy) is 2. The molecule has 0 saturated carbocycles. The van der Waals surface area contributed by atoms with Gasteiger partial charge in [0.25, 0.3) is 11.5 Å². The lowest BCUT2D eigenvalue weighted by atomic mass is 9.87. The summed E-state index contributed by atoms with van der Waals surface area (Å²) in [5, 5.41) is 8.24. The predicted molar refractivity (Wildman–Crippen MR) is 167 cm³/mol. The SMILES string of the molecule is Cn1cc(-c2cccc(NC(=O)c3ccc(C(C)(C)C)cc3)c2F)nc(Nc2cccc(NC(=O)OC3CCCO3)c2)c1=O. The lowest BCUT2D eigenvalue weighted by Gasteiger charge is -2.19. The highest BCUT2D eigenvalue weighted by atomic mass is 19.1. The van der Waals surface area contributed by atoms with Crippen molar-refractivity contribution in [1.29, 1.82) is 0 Å². The van der Waals surface area contributed by atoms with Crippen LogP contribution in [-0.4, -0.2) is 34.4 Å². The van der Waals surface area contributed by atoms with Crippen LogP contribution in [0.2, 0.25) is 0 Å². The Kier molecular flexibility index (Phi) is 8.77. The Morgan fingerprint density at radius 3 is 2.45 bits per heavy atom. The molecule has 11 heteroatoms. The molecular weight excluding hydrogens is 565 g/mol. The average molecular weight is 600 g/mol. The maximum absolute atomic E-state index is 15.7. The maximum atomic E-state index is 15.7. The first-order valence-electron chi connectivity index (χ1n) is 14.2. The normalized spacial score (nSPS) is 14.6.